The Kier molecular flexibility index (Phi) is 4.88. The highest BCUT2D eigenvalue weighted by Crippen LogP contribution is 2.17. The summed E-state index contributed by atoms with van der Waals surface area (Å²) in [4.78, 5) is 12.4. The van der Waals surface area contributed by atoms with Crippen LogP contribution in [0.3, 0.4) is 0 Å². The molecule has 122 valence electrons. The van der Waals surface area contributed by atoms with Crippen LogP contribution in [0.4, 0.5) is 0 Å². The van der Waals surface area contributed by atoms with Gasteiger partial charge in [-0.1, -0.05) is 35.3 Å². The molecular formula is C18H15Cl2N3O. The summed E-state index contributed by atoms with van der Waals surface area (Å²) in [7, 11) is 0. The van der Waals surface area contributed by atoms with Crippen molar-refractivity contribution in [2.24, 2.45) is 0 Å². The van der Waals surface area contributed by atoms with E-state index in [1.165, 1.54) is 0 Å². The second-order valence-corrected chi connectivity index (χ2v) is 6.27. The van der Waals surface area contributed by atoms with Crippen LogP contribution in [-0.2, 0) is 0 Å². The normalized spacial score (nSPS) is 12.0. The third kappa shape index (κ3) is 3.78. The predicted octanol–water partition coefficient (Wildman–Crippen LogP) is 4.67. The van der Waals surface area contributed by atoms with Gasteiger partial charge in [0, 0.05) is 16.2 Å². The van der Waals surface area contributed by atoms with Crippen LogP contribution in [0.25, 0.3) is 5.69 Å². The number of benzene rings is 2. The van der Waals surface area contributed by atoms with Crippen LogP contribution in [0.5, 0.6) is 0 Å². The molecule has 0 bridgehead atoms. The molecule has 6 heteroatoms. The SMILES string of the molecule is C[C@H](NC(=O)c1cnn(-c2ccc(Cl)cc2)c1)c1ccc(Cl)cc1. The zero-order valence-electron chi connectivity index (χ0n) is 12.9. The van der Waals surface area contributed by atoms with Gasteiger partial charge in [-0.15, -0.1) is 0 Å². The maximum absolute atomic E-state index is 12.4. The van der Waals surface area contributed by atoms with E-state index >= 15 is 0 Å². The lowest BCUT2D eigenvalue weighted by molar-refractivity contribution is 0.0940. The average Bonchev–Trinajstić information content (AvgIpc) is 3.06. The highest BCUT2D eigenvalue weighted by molar-refractivity contribution is 6.30. The maximum Gasteiger partial charge on any atom is 0.254 e. The minimum absolute atomic E-state index is 0.131. The number of carbonyl (C=O) groups excluding carboxylic acids is 1. The summed E-state index contributed by atoms with van der Waals surface area (Å²) >= 11 is 11.8. The number of hydrogen-bond donors (Lipinski definition) is 1. The first-order chi connectivity index (χ1) is 11.5. The Morgan fingerprint density at radius 3 is 2.25 bits per heavy atom. The van der Waals surface area contributed by atoms with Gasteiger partial charge in [-0.3, -0.25) is 4.79 Å². The van der Waals surface area contributed by atoms with Gasteiger partial charge in [0.15, 0.2) is 0 Å². The monoisotopic (exact) mass is 359 g/mol. The standard InChI is InChI=1S/C18H15Cl2N3O/c1-12(13-2-4-15(19)5-3-13)22-18(24)14-10-21-23(11-14)17-8-6-16(20)7-9-17/h2-12H,1H3,(H,22,24)/t12-/m0/s1. The van der Waals surface area contributed by atoms with Crippen molar-refractivity contribution in [3.05, 3.63) is 82.1 Å². The van der Waals surface area contributed by atoms with Gasteiger partial charge in [0.1, 0.15) is 0 Å². The van der Waals surface area contributed by atoms with Gasteiger partial charge in [0.2, 0.25) is 0 Å². The Balaban J connectivity index is 1.71. The van der Waals surface area contributed by atoms with E-state index in [1.54, 1.807) is 41.3 Å². The number of rotatable bonds is 4. The van der Waals surface area contributed by atoms with Crippen molar-refractivity contribution in [1.82, 2.24) is 15.1 Å². The van der Waals surface area contributed by atoms with E-state index < -0.39 is 0 Å². The van der Waals surface area contributed by atoms with Crippen molar-refractivity contribution in [3.8, 4) is 5.69 Å². The lowest BCUT2D eigenvalue weighted by Gasteiger charge is -2.13. The minimum atomic E-state index is -0.183. The molecule has 0 aliphatic heterocycles. The molecule has 1 amide bonds. The number of halogens is 2. The van der Waals surface area contributed by atoms with Crippen LogP contribution >= 0.6 is 23.2 Å². The number of carbonyl (C=O) groups is 1. The first kappa shape index (κ1) is 16.6. The van der Waals surface area contributed by atoms with Gasteiger partial charge in [-0.25, -0.2) is 4.68 Å². The van der Waals surface area contributed by atoms with Gasteiger partial charge < -0.3 is 5.32 Å². The zero-order chi connectivity index (χ0) is 17.1. The molecule has 0 saturated carbocycles. The molecule has 1 aromatic heterocycles. The van der Waals surface area contributed by atoms with Crippen LogP contribution in [0.1, 0.15) is 28.9 Å². The third-order valence-electron chi connectivity index (χ3n) is 3.65. The van der Waals surface area contributed by atoms with Crippen LogP contribution < -0.4 is 5.32 Å². The molecule has 1 heterocycles. The quantitative estimate of drug-likeness (QED) is 0.735. The molecule has 3 aromatic rings. The molecule has 0 radical (unpaired) electrons. The molecular weight excluding hydrogens is 345 g/mol. The smallest absolute Gasteiger partial charge is 0.254 e. The fraction of sp³-hybridized carbons (Fsp3) is 0.111. The summed E-state index contributed by atoms with van der Waals surface area (Å²) in [6.45, 7) is 1.92. The average molecular weight is 360 g/mol. The Bertz CT molecular complexity index is 841. The molecule has 3 rings (SSSR count). The highest BCUT2D eigenvalue weighted by Gasteiger charge is 2.13. The van der Waals surface area contributed by atoms with Crippen molar-refractivity contribution < 1.29 is 4.79 Å². The molecule has 2 aromatic carbocycles. The Hall–Kier alpha value is -2.30. The van der Waals surface area contributed by atoms with E-state index in [2.05, 4.69) is 10.4 Å². The summed E-state index contributed by atoms with van der Waals surface area (Å²) in [5.74, 6) is -0.183. The fourth-order valence-electron chi connectivity index (χ4n) is 2.29. The Labute approximate surface area is 150 Å². The number of nitrogens with zero attached hydrogens (tertiary/aromatic N) is 2. The molecule has 4 nitrogen and oxygen atoms in total. The minimum Gasteiger partial charge on any atom is -0.345 e. The lowest BCUT2D eigenvalue weighted by Crippen LogP contribution is -2.26. The van der Waals surface area contributed by atoms with E-state index in [0.29, 0.717) is 15.6 Å². The first-order valence-electron chi connectivity index (χ1n) is 7.40. The van der Waals surface area contributed by atoms with Crippen LogP contribution in [-0.4, -0.2) is 15.7 Å². The molecule has 0 aliphatic carbocycles. The molecule has 24 heavy (non-hydrogen) atoms. The van der Waals surface area contributed by atoms with Gasteiger partial charge in [0.25, 0.3) is 5.91 Å². The molecule has 0 aliphatic rings. The molecule has 0 fully saturated rings. The number of hydrogen-bond acceptors (Lipinski definition) is 2. The second-order valence-electron chi connectivity index (χ2n) is 5.40. The summed E-state index contributed by atoms with van der Waals surface area (Å²) in [5, 5.41) is 8.49. The molecule has 1 N–H and O–H groups in total. The van der Waals surface area contributed by atoms with E-state index in [9.17, 15) is 4.79 Å². The van der Waals surface area contributed by atoms with E-state index in [-0.39, 0.29) is 11.9 Å². The highest BCUT2D eigenvalue weighted by atomic mass is 35.5. The van der Waals surface area contributed by atoms with Gasteiger partial charge in [0.05, 0.1) is 23.5 Å². The summed E-state index contributed by atoms with van der Waals surface area (Å²) in [5.41, 5.74) is 2.31. The van der Waals surface area contributed by atoms with Crippen molar-refractivity contribution in [3.63, 3.8) is 0 Å². The lowest BCUT2D eigenvalue weighted by atomic mass is 10.1. The van der Waals surface area contributed by atoms with Crippen molar-refractivity contribution in [2.75, 3.05) is 0 Å². The third-order valence-corrected chi connectivity index (χ3v) is 4.16. The van der Waals surface area contributed by atoms with Gasteiger partial charge >= 0.3 is 0 Å². The molecule has 1 atom stereocenters. The number of amides is 1. The van der Waals surface area contributed by atoms with Crippen molar-refractivity contribution in [2.45, 2.75) is 13.0 Å². The number of nitrogens with one attached hydrogen (secondary N) is 1. The topological polar surface area (TPSA) is 46.9 Å². The van der Waals surface area contributed by atoms with E-state index in [0.717, 1.165) is 11.3 Å². The largest absolute Gasteiger partial charge is 0.345 e. The summed E-state index contributed by atoms with van der Waals surface area (Å²) < 4.78 is 1.64. The van der Waals surface area contributed by atoms with Crippen molar-refractivity contribution >= 4 is 29.1 Å². The first-order valence-corrected chi connectivity index (χ1v) is 8.15. The van der Waals surface area contributed by atoms with Crippen LogP contribution in [0.15, 0.2) is 60.9 Å². The summed E-state index contributed by atoms with van der Waals surface area (Å²) in [6, 6.07) is 14.5. The number of aromatic nitrogens is 2. The van der Waals surface area contributed by atoms with Crippen LogP contribution in [0, 0.1) is 0 Å². The van der Waals surface area contributed by atoms with Crippen LogP contribution in [0.2, 0.25) is 10.0 Å². The zero-order valence-corrected chi connectivity index (χ0v) is 14.4. The van der Waals surface area contributed by atoms with E-state index in [4.69, 9.17) is 23.2 Å². The maximum atomic E-state index is 12.4. The van der Waals surface area contributed by atoms with Crippen molar-refractivity contribution in [1.29, 1.82) is 0 Å². The molecule has 0 unspecified atom stereocenters. The van der Waals surface area contributed by atoms with E-state index in [1.807, 2.05) is 31.2 Å². The van der Waals surface area contributed by atoms with Gasteiger partial charge in [-0.2, -0.15) is 5.10 Å². The Morgan fingerprint density at radius 2 is 1.62 bits per heavy atom. The second kappa shape index (κ2) is 7.07. The molecule has 0 saturated heterocycles. The Morgan fingerprint density at radius 1 is 1.04 bits per heavy atom. The summed E-state index contributed by atoms with van der Waals surface area (Å²) in [6.07, 6.45) is 3.23. The fourth-order valence-corrected chi connectivity index (χ4v) is 2.54. The predicted molar refractivity (Wildman–Crippen MR) is 95.9 cm³/mol. The molecule has 0 spiro atoms. The van der Waals surface area contributed by atoms with Gasteiger partial charge in [-0.05, 0) is 48.9 Å².